The predicted octanol–water partition coefficient (Wildman–Crippen LogP) is 2.85. The van der Waals surface area contributed by atoms with Crippen LogP contribution in [0.4, 0.5) is 5.00 Å². The van der Waals surface area contributed by atoms with E-state index in [2.05, 4.69) is 5.32 Å². The number of fused-ring (bicyclic) bond motifs is 3. The quantitative estimate of drug-likeness (QED) is 0.866. The van der Waals surface area contributed by atoms with Gasteiger partial charge in [-0.2, -0.15) is 0 Å². The minimum absolute atomic E-state index is 0.0644. The van der Waals surface area contributed by atoms with Crippen LogP contribution in [-0.2, 0) is 22.6 Å². The molecule has 2 aliphatic heterocycles. The lowest BCUT2D eigenvalue weighted by Crippen LogP contribution is -2.39. The van der Waals surface area contributed by atoms with Crippen molar-refractivity contribution in [2.45, 2.75) is 32.2 Å². The van der Waals surface area contributed by atoms with Crippen LogP contribution >= 0.6 is 11.3 Å². The van der Waals surface area contributed by atoms with Crippen molar-refractivity contribution in [2.24, 2.45) is 0 Å². The van der Waals surface area contributed by atoms with Crippen LogP contribution < -0.4 is 5.32 Å². The van der Waals surface area contributed by atoms with Crippen LogP contribution in [0.3, 0.4) is 0 Å². The lowest BCUT2D eigenvalue weighted by molar-refractivity contribution is -0.133. The number of nitrogens with one attached hydrogen (secondary N) is 1. The molecule has 7 heteroatoms. The molecular formula is C21H23N3O3S. The number of amides is 3. The van der Waals surface area contributed by atoms with E-state index in [1.54, 1.807) is 7.05 Å². The number of benzene rings is 1. The molecule has 1 N–H and O–H groups in total. The maximum absolute atomic E-state index is 13.2. The molecule has 0 fully saturated rings. The molecule has 0 saturated heterocycles. The van der Waals surface area contributed by atoms with E-state index in [9.17, 15) is 14.4 Å². The molecule has 3 heterocycles. The molecule has 4 rings (SSSR count). The zero-order valence-corrected chi connectivity index (χ0v) is 16.8. The first kappa shape index (κ1) is 18.7. The SMILES string of the molecule is CCC(C(=O)N1CCc2c(sc3c2C(=O)N(C)CC(=O)N3)C1)c1ccccc1. The van der Waals surface area contributed by atoms with Crippen molar-refractivity contribution < 1.29 is 14.4 Å². The molecule has 0 spiro atoms. The van der Waals surface area contributed by atoms with E-state index in [4.69, 9.17) is 0 Å². The van der Waals surface area contributed by atoms with Gasteiger partial charge >= 0.3 is 0 Å². The van der Waals surface area contributed by atoms with Crippen molar-refractivity contribution in [1.29, 1.82) is 0 Å². The van der Waals surface area contributed by atoms with Gasteiger partial charge in [0.2, 0.25) is 11.8 Å². The maximum Gasteiger partial charge on any atom is 0.257 e. The Bertz CT molecular complexity index is 938. The van der Waals surface area contributed by atoms with Gasteiger partial charge in [-0.25, -0.2) is 0 Å². The highest BCUT2D eigenvalue weighted by Gasteiger charge is 2.35. The minimum atomic E-state index is -0.184. The summed E-state index contributed by atoms with van der Waals surface area (Å²) in [4.78, 5) is 42.3. The first-order chi connectivity index (χ1) is 13.5. The van der Waals surface area contributed by atoms with Crippen LogP contribution in [-0.4, -0.2) is 47.7 Å². The summed E-state index contributed by atoms with van der Waals surface area (Å²) in [6.07, 6.45) is 1.38. The Morgan fingerprint density at radius 1 is 1.21 bits per heavy atom. The Kier molecular flexibility index (Phi) is 4.93. The third kappa shape index (κ3) is 3.20. The fraction of sp³-hybridized carbons (Fsp3) is 0.381. The van der Waals surface area contributed by atoms with Gasteiger partial charge in [0, 0.05) is 18.5 Å². The summed E-state index contributed by atoms with van der Waals surface area (Å²) < 4.78 is 0. The van der Waals surface area contributed by atoms with Gasteiger partial charge < -0.3 is 15.1 Å². The average Bonchev–Trinajstić information content (AvgIpc) is 3.00. The van der Waals surface area contributed by atoms with Crippen LogP contribution in [0.2, 0.25) is 0 Å². The zero-order valence-electron chi connectivity index (χ0n) is 16.0. The number of carbonyl (C=O) groups excluding carboxylic acids is 3. The molecule has 1 aromatic heterocycles. The highest BCUT2D eigenvalue weighted by atomic mass is 32.1. The molecule has 1 unspecified atom stereocenters. The number of nitrogens with zero attached hydrogens (tertiary/aromatic N) is 2. The van der Waals surface area contributed by atoms with Crippen LogP contribution in [0.15, 0.2) is 30.3 Å². The summed E-state index contributed by atoms with van der Waals surface area (Å²) in [5, 5.41) is 3.48. The van der Waals surface area contributed by atoms with Crippen LogP contribution in [0.5, 0.6) is 0 Å². The number of rotatable bonds is 3. The van der Waals surface area contributed by atoms with E-state index >= 15 is 0 Å². The number of hydrogen-bond acceptors (Lipinski definition) is 4. The first-order valence-electron chi connectivity index (χ1n) is 9.53. The Hall–Kier alpha value is -2.67. The van der Waals surface area contributed by atoms with E-state index in [0.717, 1.165) is 22.4 Å². The largest absolute Gasteiger partial charge is 0.337 e. The summed E-state index contributed by atoms with van der Waals surface area (Å²) in [5.74, 6) is -0.346. The van der Waals surface area contributed by atoms with Crippen molar-refractivity contribution in [3.63, 3.8) is 0 Å². The number of hydrogen-bond donors (Lipinski definition) is 1. The van der Waals surface area contributed by atoms with Gasteiger partial charge in [-0.15, -0.1) is 11.3 Å². The van der Waals surface area contributed by atoms with Gasteiger partial charge in [-0.05, 0) is 24.0 Å². The number of thiophene rings is 1. The molecule has 3 amide bonds. The highest BCUT2D eigenvalue weighted by molar-refractivity contribution is 7.17. The Morgan fingerprint density at radius 2 is 1.96 bits per heavy atom. The summed E-state index contributed by atoms with van der Waals surface area (Å²) in [6.45, 7) is 3.17. The summed E-state index contributed by atoms with van der Waals surface area (Å²) >= 11 is 1.42. The molecule has 1 atom stereocenters. The molecular weight excluding hydrogens is 374 g/mol. The maximum atomic E-state index is 13.2. The average molecular weight is 398 g/mol. The van der Waals surface area contributed by atoms with Gasteiger partial charge in [0.05, 0.1) is 24.6 Å². The van der Waals surface area contributed by atoms with E-state index < -0.39 is 0 Å². The van der Waals surface area contributed by atoms with Gasteiger partial charge in [0.1, 0.15) is 5.00 Å². The predicted molar refractivity (Wildman–Crippen MR) is 109 cm³/mol. The molecule has 146 valence electrons. The smallest absolute Gasteiger partial charge is 0.257 e. The van der Waals surface area contributed by atoms with Gasteiger partial charge in [0.25, 0.3) is 5.91 Å². The monoisotopic (exact) mass is 397 g/mol. The van der Waals surface area contributed by atoms with Crippen molar-refractivity contribution in [3.05, 3.63) is 51.9 Å². The van der Waals surface area contributed by atoms with E-state index in [1.165, 1.54) is 16.2 Å². The summed E-state index contributed by atoms with van der Waals surface area (Å²) in [5.41, 5.74) is 2.62. The fourth-order valence-corrected chi connectivity index (χ4v) is 5.28. The van der Waals surface area contributed by atoms with Crippen LogP contribution in [0.25, 0.3) is 0 Å². The number of carbonyl (C=O) groups is 3. The fourth-order valence-electron chi connectivity index (χ4n) is 4.01. The molecule has 1 aromatic carbocycles. The second-order valence-electron chi connectivity index (χ2n) is 7.30. The highest BCUT2D eigenvalue weighted by Crippen LogP contribution is 2.39. The summed E-state index contributed by atoms with van der Waals surface area (Å²) in [7, 11) is 1.64. The lowest BCUT2D eigenvalue weighted by Gasteiger charge is -2.31. The lowest BCUT2D eigenvalue weighted by atomic mass is 9.93. The van der Waals surface area contributed by atoms with E-state index in [1.807, 2.05) is 42.2 Å². The third-order valence-corrected chi connectivity index (χ3v) is 6.60. The van der Waals surface area contributed by atoms with Crippen molar-refractivity contribution >= 4 is 34.1 Å². The first-order valence-corrected chi connectivity index (χ1v) is 10.3. The molecule has 6 nitrogen and oxygen atoms in total. The zero-order chi connectivity index (χ0) is 19.8. The molecule has 2 aromatic rings. The topological polar surface area (TPSA) is 69.7 Å². The van der Waals surface area contributed by atoms with Crippen LogP contribution in [0.1, 0.15) is 45.6 Å². The summed E-state index contributed by atoms with van der Waals surface area (Å²) in [6, 6.07) is 9.87. The second kappa shape index (κ2) is 7.39. The Labute approximate surface area is 168 Å². The van der Waals surface area contributed by atoms with Crippen molar-refractivity contribution in [3.8, 4) is 0 Å². The normalized spacial score (nSPS) is 17.5. The van der Waals surface area contributed by atoms with Gasteiger partial charge in [-0.3, -0.25) is 14.4 Å². The molecule has 0 radical (unpaired) electrons. The second-order valence-corrected chi connectivity index (χ2v) is 8.40. The molecule has 28 heavy (non-hydrogen) atoms. The Balaban J connectivity index is 1.61. The molecule has 0 bridgehead atoms. The van der Waals surface area contributed by atoms with E-state index in [0.29, 0.717) is 30.1 Å². The third-order valence-electron chi connectivity index (χ3n) is 5.47. The Morgan fingerprint density at radius 3 is 2.68 bits per heavy atom. The molecule has 0 aliphatic carbocycles. The molecule has 0 saturated carbocycles. The van der Waals surface area contributed by atoms with Crippen LogP contribution in [0, 0.1) is 0 Å². The number of likely N-dealkylation sites (N-methyl/N-ethyl adjacent to an activating group) is 1. The standard InChI is InChI=1S/C21H23N3O3S/c1-3-14(13-7-5-4-6-8-13)20(26)24-10-9-15-16(11-24)28-19-18(15)21(27)23(2)12-17(25)22-19/h4-8,14H,3,9-12H2,1-2H3,(H,22,25). The van der Waals surface area contributed by atoms with Gasteiger partial charge in [0.15, 0.2) is 0 Å². The van der Waals surface area contributed by atoms with Crippen molar-refractivity contribution in [2.75, 3.05) is 25.5 Å². The van der Waals surface area contributed by atoms with Gasteiger partial charge in [-0.1, -0.05) is 37.3 Å². The van der Waals surface area contributed by atoms with Crippen molar-refractivity contribution in [1.82, 2.24) is 9.80 Å². The number of anilines is 1. The molecule has 2 aliphatic rings. The van der Waals surface area contributed by atoms with E-state index in [-0.39, 0.29) is 30.2 Å². The minimum Gasteiger partial charge on any atom is -0.337 e.